The van der Waals surface area contributed by atoms with Crippen molar-refractivity contribution in [1.29, 1.82) is 0 Å². The van der Waals surface area contributed by atoms with Crippen molar-refractivity contribution in [1.82, 2.24) is 14.5 Å². The summed E-state index contributed by atoms with van der Waals surface area (Å²) in [6, 6.07) is 43.8. The van der Waals surface area contributed by atoms with Crippen LogP contribution in [-0.4, -0.2) is 20.3 Å². The minimum atomic E-state index is -0.642. The average molecular weight is 544 g/mol. The van der Waals surface area contributed by atoms with Crippen LogP contribution in [0.3, 0.4) is 0 Å². The van der Waals surface area contributed by atoms with E-state index >= 15 is 0 Å². The lowest BCUT2D eigenvalue weighted by Crippen LogP contribution is -2.36. The zero-order chi connectivity index (χ0) is 28.4. The van der Waals surface area contributed by atoms with Crippen LogP contribution in [0.15, 0.2) is 152 Å². The molecule has 0 aliphatic heterocycles. The van der Waals surface area contributed by atoms with Crippen molar-refractivity contribution in [3.8, 4) is 11.3 Å². The Kier molecular flexibility index (Phi) is 6.65. The number of hydrogen-bond acceptors (Lipinski definition) is 3. The summed E-state index contributed by atoms with van der Waals surface area (Å²) in [5.41, 5.74) is 7.93. The van der Waals surface area contributed by atoms with Crippen molar-refractivity contribution < 1.29 is 4.79 Å². The zero-order valence-corrected chi connectivity index (χ0v) is 23.1. The second-order valence-electron chi connectivity index (χ2n) is 10.6. The monoisotopic (exact) mass is 543 g/mol. The van der Waals surface area contributed by atoms with Crippen molar-refractivity contribution in [3.05, 3.63) is 185 Å². The van der Waals surface area contributed by atoms with E-state index in [1.165, 1.54) is 0 Å². The molecule has 2 heterocycles. The predicted octanol–water partition coefficient (Wildman–Crippen LogP) is 8.00. The predicted molar refractivity (Wildman–Crippen MR) is 167 cm³/mol. The minimum absolute atomic E-state index is 0.00781. The third-order valence-corrected chi connectivity index (χ3v) is 8.17. The van der Waals surface area contributed by atoms with Gasteiger partial charge in [-0.05, 0) is 52.8 Å². The molecule has 4 nitrogen and oxygen atoms in total. The van der Waals surface area contributed by atoms with Crippen LogP contribution >= 0.6 is 0 Å². The maximum atomic E-state index is 13.3. The first-order chi connectivity index (χ1) is 20.7. The van der Waals surface area contributed by atoms with Crippen LogP contribution in [0.5, 0.6) is 0 Å². The SMILES string of the molecule is O=C1/C(=C/c2ccccc2-c2cn(C(c3ccccc3)(c3ccccc3)c3ccccc3)cn2)CCc2cccnc21. The maximum absolute atomic E-state index is 13.3. The van der Waals surface area contributed by atoms with E-state index in [1.807, 2.05) is 54.9 Å². The summed E-state index contributed by atoms with van der Waals surface area (Å²) in [5.74, 6) is 0.00781. The van der Waals surface area contributed by atoms with Gasteiger partial charge in [-0.25, -0.2) is 4.98 Å². The molecule has 0 amide bonds. The molecule has 4 heteroatoms. The van der Waals surface area contributed by atoms with Gasteiger partial charge in [0.05, 0.1) is 12.0 Å². The second kappa shape index (κ2) is 10.9. The molecule has 1 aliphatic rings. The first kappa shape index (κ1) is 25.6. The standard InChI is InChI=1S/C38H29N3O/c42-37-30(23-22-28-14-12-24-39-36(28)37)25-29-13-10-11-21-34(29)35-26-41(27-40-35)38(31-15-4-1-5-16-31,32-17-6-2-7-18-32)33-19-8-3-9-20-33/h1-21,24-27H,22-23H2/b30-25+. The lowest BCUT2D eigenvalue weighted by Gasteiger charge is -2.37. The van der Waals surface area contributed by atoms with Gasteiger partial charge < -0.3 is 4.57 Å². The van der Waals surface area contributed by atoms with Crippen LogP contribution in [0.25, 0.3) is 17.3 Å². The fourth-order valence-corrected chi connectivity index (χ4v) is 6.19. The molecule has 202 valence electrons. The van der Waals surface area contributed by atoms with Crippen molar-refractivity contribution in [2.75, 3.05) is 0 Å². The summed E-state index contributed by atoms with van der Waals surface area (Å²) in [4.78, 5) is 22.7. The molecule has 0 fully saturated rings. The number of pyridine rings is 1. The second-order valence-corrected chi connectivity index (χ2v) is 10.6. The number of benzene rings is 4. The number of fused-ring (bicyclic) bond motifs is 1. The molecule has 7 rings (SSSR count). The quantitative estimate of drug-likeness (QED) is 0.158. The minimum Gasteiger partial charge on any atom is -0.318 e. The van der Waals surface area contributed by atoms with E-state index in [0.29, 0.717) is 12.1 Å². The Morgan fingerprint density at radius 3 is 1.88 bits per heavy atom. The number of ketones is 1. The number of imidazole rings is 1. The fourth-order valence-electron chi connectivity index (χ4n) is 6.19. The van der Waals surface area contributed by atoms with E-state index < -0.39 is 5.54 Å². The van der Waals surface area contributed by atoms with Gasteiger partial charge in [-0.15, -0.1) is 0 Å². The van der Waals surface area contributed by atoms with Crippen LogP contribution in [-0.2, 0) is 12.0 Å². The van der Waals surface area contributed by atoms with Crippen molar-refractivity contribution in [3.63, 3.8) is 0 Å². The molecule has 0 saturated heterocycles. The number of aryl methyl sites for hydroxylation is 1. The topological polar surface area (TPSA) is 47.8 Å². The van der Waals surface area contributed by atoms with Gasteiger partial charge in [0.1, 0.15) is 11.2 Å². The van der Waals surface area contributed by atoms with E-state index in [2.05, 4.69) is 101 Å². The van der Waals surface area contributed by atoms with Crippen LogP contribution in [0.4, 0.5) is 0 Å². The number of nitrogens with zero attached hydrogens (tertiary/aromatic N) is 3. The zero-order valence-electron chi connectivity index (χ0n) is 23.1. The first-order valence-electron chi connectivity index (χ1n) is 14.2. The van der Waals surface area contributed by atoms with Crippen LogP contribution in [0.2, 0.25) is 0 Å². The third-order valence-electron chi connectivity index (χ3n) is 8.17. The number of Topliss-reactive ketones (excluding diaryl/α,β-unsaturated/α-hetero) is 1. The molecule has 4 aromatic carbocycles. The Bertz CT molecular complexity index is 1790. The van der Waals surface area contributed by atoms with Gasteiger partial charge in [0, 0.05) is 23.5 Å². The highest BCUT2D eigenvalue weighted by atomic mass is 16.1. The van der Waals surface area contributed by atoms with Gasteiger partial charge in [0.2, 0.25) is 5.78 Å². The van der Waals surface area contributed by atoms with Crippen molar-refractivity contribution >= 4 is 11.9 Å². The van der Waals surface area contributed by atoms with Gasteiger partial charge in [-0.1, -0.05) is 121 Å². The molecule has 0 radical (unpaired) electrons. The fraction of sp³-hybridized carbons (Fsp3) is 0.0789. The van der Waals surface area contributed by atoms with Gasteiger partial charge in [0.25, 0.3) is 0 Å². The van der Waals surface area contributed by atoms with E-state index in [9.17, 15) is 4.79 Å². The number of carbonyl (C=O) groups excluding carboxylic acids is 1. The molecule has 6 aromatic rings. The van der Waals surface area contributed by atoms with Gasteiger partial charge in [-0.3, -0.25) is 9.78 Å². The number of allylic oxidation sites excluding steroid dienone is 1. The van der Waals surface area contributed by atoms with E-state index in [0.717, 1.165) is 51.1 Å². The van der Waals surface area contributed by atoms with Crippen LogP contribution < -0.4 is 0 Å². The molecular weight excluding hydrogens is 514 g/mol. The molecule has 0 atom stereocenters. The van der Waals surface area contributed by atoms with Crippen molar-refractivity contribution in [2.45, 2.75) is 18.4 Å². The Morgan fingerprint density at radius 1 is 0.643 bits per heavy atom. The Labute approximate surface area is 245 Å². The molecule has 1 aliphatic carbocycles. The molecule has 0 N–H and O–H groups in total. The Hall–Kier alpha value is -5.35. The molecule has 2 aromatic heterocycles. The maximum Gasteiger partial charge on any atom is 0.207 e. The summed E-state index contributed by atoms with van der Waals surface area (Å²) in [7, 11) is 0. The average Bonchev–Trinajstić information content (AvgIpc) is 3.55. The number of carbonyl (C=O) groups is 1. The smallest absolute Gasteiger partial charge is 0.207 e. The highest BCUT2D eigenvalue weighted by molar-refractivity contribution is 6.12. The number of rotatable bonds is 6. The summed E-state index contributed by atoms with van der Waals surface area (Å²) in [6.45, 7) is 0. The van der Waals surface area contributed by atoms with E-state index in [-0.39, 0.29) is 5.78 Å². The molecule has 0 bridgehead atoms. The Morgan fingerprint density at radius 2 is 1.24 bits per heavy atom. The molecule has 42 heavy (non-hydrogen) atoms. The first-order valence-corrected chi connectivity index (χ1v) is 14.2. The number of hydrogen-bond donors (Lipinski definition) is 0. The number of aromatic nitrogens is 3. The highest BCUT2D eigenvalue weighted by Gasteiger charge is 2.38. The molecule has 0 saturated carbocycles. The van der Waals surface area contributed by atoms with Gasteiger partial charge >= 0.3 is 0 Å². The van der Waals surface area contributed by atoms with Crippen molar-refractivity contribution in [2.24, 2.45) is 0 Å². The normalized spacial score (nSPS) is 14.1. The van der Waals surface area contributed by atoms with E-state index in [1.54, 1.807) is 6.20 Å². The van der Waals surface area contributed by atoms with Gasteiger partial charge in [-0.2, -0.15) is 0 Å². The van der Waals surface area contributed by atoms with Gasteiger partial charge in [0.15, 0.2) is 0 Å². The third kappa shape index (κ3) is 4.38. The highest BCUT2D eigenvalue weighted by Crippen LogP contribution is 2.41. The molecule has 0 spiro atoms. The Balaban J connectivity index is 1.38. The van der Waals surface area contributed by atoms with E-state index in [4.69, 9.17) is 4.98 Å². The largest absolute Gasteiger partial charge is 0.318 e. The summed E-state index contributed by atoms with van der Waals surface area (Å²) in [5, 5.41) is 0. The summed E-state index contributed by atoms with van der Waals surface area (Å²) >= 11 is 0. The molecule has 0 unspecified atom stereocenters. The van der Waals surface area contributed by atoms with Crippen LogP contribution in [0.1, 0.15) is 44.7 Å². The lowest BCUT2D eigenvalue weighted by molar-refractivity contribution is 0.102. The lowest BCUT2D eigenvalue weighted by atomic mass is 9.77. The summed E-state index contributed by atoms with van der Waals surface area (Å²) in [6.07, 6.45) is 9.28. The molecular formula is C38H29N3O. The van der Waals surface area contributed by atoms with Crippen LogP contribution in [0, 0.1) is 0 Å². The summed E-state index contributed by atoms with van der Waals surface area (Å²) < 4.78 is 2.22.